The van der Waals surface area contributed by atoms with Crippen LogP contribution in [0.1, 0.15) is 17.5 Å². The number of hydrogen-bond acceptors (Lipinski definition) is 3. The number of carbonyl (C=O) groups excluding carboxylic acids is 2. The maximum Gasteiger partial charge on any atom is 0.257 e. The molecule has 0 aliphatic carbocycles. The maximum atomic E-state index is 13.5. The van der Waals surface area contributed by atoms with Crippen LogP contribution in [0.3, 0.4) is 0 Å². The molecule has 1 unspecified atom stereocenters. The molecule has 174 valence electrons. The van der Waals surface area contributed by atoms with Crippen LogP contribution in [0.2, 0.25) is 10.0 Å². The number of imide groups is 1. The van der Waals surface area contributed by atoms with Gasteiger partial charge in [-0.2, -0.15) is 0 Å². The monoisotopic (exact) mass is 511 g/mol. The van der Waals surface area contributed by atoms with Gasteiger partial charge in [-0.25, -0.2) is 4.90 Å². The summed E-state index contributed by atoms with van der Waals surface area (Å²) >= 11 is 18.2. The maximum absolute atomic E-state index is 13.5. The van der Waals surface area contributed by atoms with Crippen LogP contribution in [0.5, 0.6) is 0 Å². The topological polar surface area (TPSA) is 52.7 Å². The summed E-state index contributed by atoms with van der Waals surface area (Å²) in [6.07, 6.45) is 0.682. The van der Waals surface area contributed by atoms with E-state index in [-0.39, 0.29) is 18.2 Å². The standard InChI is InChI=1S/C26H23Cl2N3O2S/c1-17-7-10-20(11-8-17)31-24(32)16-23(25(31)33)30(14-13-18-5-3-2-4-6-18)26(34)29-22-15-19(27)9-12-21(22)28/h2-12,15,23H,13-14,16H2,1H3,(H,29,34). The number of aryl methyl sites for hydroxylation is 1. The highest BCUT2D eigenvalue weighted by molar-refractivity contribution is 7.80. The first-order valence-corrected chi connectivity index (χ1v) is 12.0. The highest BCUT2D eigenvalue weighted by Crippen LogP contribution is 2.29. The second-order valence-electron chi connectivity index (χ2n) is 8.11. The third kappa shape index (κ3) is 5.41. The third-order valence-corrected chi connectivity index (χ3v) is 6.61. The van der Waals surface area contributed by atoms with Crippen molar-refractivity contribution in [2.45, 2.75) is 25.8 Å². The summed E-state index contributed by atoms with van der Waals surface area (Å²) in [5.41, 5.74) is 3.25. The van der Waals surface area contributed by atoms with Gasteiger partial charge >= 0.3 is 0 Å². The Labute approximate surface area is 214 Å². The molecule has 0 saturated carbocycles. The molecule has 1 N–H and O–H groups in total. The van der Waals surface area contributed by atoms with Crippen LogP contribution in [0.15, 0.2) is 72.8 Å². The lowest BCUT2D eigenvalue weighted by molar-refractivity contribution is -0.122. The van der Waals surface area contributed by atoms with Crippen molar-refractivity contribution >= 4 is 63.7 Å². The van der Waals surface area contributed by atoms with Crippen molar-refractivity contribution in [2.75, 3.05) is 16.8 Å². The molecule has 34 heavy (non-hydrogen) atoms. The molecule has 0 aromatic heterocycles. The zero-order valence-electron chi connectivity index (χ0n) is 18.5. The van der Waals surface area contributed by atoms with Gasteiger partial charge in [0.15, 0.2) is 5.11 Å². The number of halogens is 2. The fourth-order valence-electron chi connectivity index (χ4n) is 3.90. The minimum absolute atomic E-state index is 0.0343. The predicted molar refractivity (Wildman–Crippen MR) is 142 cm³/mol. The average molecular weight is 512 g/mol. The zero-order chi connectivity index (χ0) is 24.2. The Hall–Kier alpha value is -2.93. The van der Waals surface area contributed by atoms with E-state index < -0.39 is 6.04 Å². The smallest absolute Gasteiger partial charge is 0.257 e. The summed E-state index contributed by atoms with van der Waals surface area (Å²) < 4.78 is 0. The van der Waals surface area contributed by atoms with Gasteiger partial charge in [0.05, 0.1) is 22.8 Å². The quantitative estimate of drug-likeness (QED) is 0.331. The summed E-state index contributed by atoms with van der Waals surface area (Å²) in [6, 6.07) is 21.5. The van der Waals surface area contributed by atoms with Crippen LogP contribution in [0, 0.1) is 6.92 Å². The molecule has 0 bridgehead atoms. The first kappa shape index (κ1) is 24.2. The number of rotatable bonds is 6. The molecule has 1 heterocycles. The van der Waals surface area contributed by atoms with E-state index in [4.69, 9.17) is 35.4 Å². The van der Waals surface area contributed by atoms with E-state index in [1.54, 1.807) is 35.2 Å². The van der Waals surface area contributed by atoms with Gasteiger partial charge in [-0.1, -0.05) is 71.2 Å². The SMILES string of the molecule is Cc1ccc(N2C(=O)CC(N(CCc3ccccc3)C(=S)Nc3cc(Cl)ccc3Cl)C2=O)cc1. The van der Waals surface area contributed by atoms with E-state index in [9.17, 15) is 9.59 Å². The zero-order valence-corrected chi connectivity index (χ0v) is 20.8. The van der Waals surface area contributed by atoms with Crippen molar-refractivity contribution in [1.29, 1.82) is 0 Å². The molecule has 3 aromatic rings. The number of amides is 2. The minimum atomic E-state index is -0.726. The molecule has 3 aromatic carbocycles. The summed E-state index contributed by atoms with van der Waals surface area (Å²) in [6.45, 7) is 2.40. The molecule has 8 heteroatoms. The second kappa shape index (κ2) is 10.6. The largest absolute Gasteiger partial charge is 0.336 e. The van der Waals surface area contributed by atoms with Gasteiger partial charge in [0.1, 0.15) is 6.04 Å². The van der Waals surface area contributed by atoms with E-state index in [0.29, 0.717) is 39.5 Å². The van der Waals surface area contributed by atoms with Gasteiger partial charge in [0, 0.05) is 11.6 Å². The van der Waals surface area contributed by atoms with E-state index in [1.807, 2.05) is 49.4 Å². The van der Waals surface area contributed by atoms with Crippen LogP contribution >= 0.6 is 35.4 Å². The van der Waals surface area contributed by atoms with Gasteiger partial charge in [0.2, 0.25) is 5.91 Å². The lowest BCUT2D eigenvalue weighted by atomic mass is 10.1. The molecule has 1 atom stereocenters. The van der Waals surface area contributed by atoms with E-state index in [2.05, 4.69) is 5.32 Å². The first-order chi connectivity index (χ1) is 16.3. The van der Waals surface area contributed by atoms with Gasteiger partial charge in [0.25, 0.3) is 5.91 Å². The van der Waals surface area contributed by atoms with Crippen LogP contribution < -0.4 is 10.2 Å². The van der Waals surface area contributed by atoms with Crippen LogP contribution in [-0.4, -0.2) is 34.4 Å². The van der Waals surface area contributed by atoms with Crippen LogP contribution in [0.25, 0.3) is 0 Å². The molecule has 2 amide bonds. The van der Waals surface area contributed by atoms with Crippen molar-refractivity contribution in [3.63, 3.8) is 0 Å². The molecule has 5 nitrogen and oxygen atoms in total. The minimum Gasteiger partial charge on any atom is -0.336 e. The number of nitrogens with one attached hydrogen (secondary N) is 1. The number of anilines is 2. The van der Waals surface area contributed by atoms with Gasteiger partial charge < -0.3 is 10.2 Å². The Balaban J connectivity index is 1.61. The summed E-state index contributed by atoms with van der Waals surface area (Å²) in [7, 11) is 0. The second-order valence-corrected chi connectivity index (χ2v) is 9.34. The number of carbonyl (C=O) groups is 2. The molecule has 1 saturated heterocycles. The summed E-state index contributed by atoms with van der Waals surface area (Å²) in [5, 5.41) is 4.38. The molecular weight excluding hydrogens is 489 g/mol. The first-order valence-electron chi connectivity index (χ1n) is 10.8. The molecule has 0 radical (unpaired) electrons. The van der Waals surface area contributed by atoms with Crippen molar-refractivity contribution < 1.29 is 9.59 Å². The molecule has 1 aliphatic heterocycles. The average Bonchev–Trinajstić information content (AvgIpc) is 3.11. The lowest BCUT2D eigenvalue weighted by Gasteiger charge is -2.30. The summed E-state index contributed by atoms with van der Waals surface area (Å²) in [4.78, 5) is 29.4. The van der Waals surface area contributed by atoms with Crippen molar-refractivity contribution in [1.82, 2.24) is 4.90 Å². The fraction of sp³-hybridized carbons (Fsp3) is 0.192. The van der Waals surface area contributed by atoms with Gasteiger partial charge in [-0.05, 0) is 61.5 Å². The predicted octanol–water partition coefficient (Wildman–Crippen LogP) is 5.88. The third-order valence-electron chi connectivity index (χ3n) is 5.71. The van der Waals surface area contributed by atoms with Crippen LogP contribution in [0.4, 0.5) is 11.4 Å². The van der Waals surface area contributed by atoms with Crippen LogP contribution in [-0.2, 0) is 16.0 Å². The van der Waals surface area contributed by atoms with Gasteiger partial charge in [-0.3, -0.25) is 9.59 Å². The molecule has 4 rings (SSSR count). The van der Waals surface area contributed by atoms with E-state index in [0.717, 1.165) is 11.1 Å². The van der Waals surface area contributed by atoms with Crippen molar-refractivity contribution in [3.8, 4) is 0 Å². The Kier molecular flexibility index (Phi) is 7.51. The normalized spacial score (nSPS) is 15.5. The summed E-state index contributed by atoms with van der Waals surface area (Å²) in [5.74, 6) is -0.560. The molecule has 1 fully saturated rings. The van der Waals surface area contributed by atoms with Gasteiger partial charge in [-0.15, -0.1) is 0 Å². The Bertz CT molecular complexity index is 1220. The Morgan fingerprint density at radius 3 is 2.47 bits per heavy atom. The number of thiocarbonyl (C=S) groups is 1. The number of benzene rings is 3. The molecule has 1 aliphatic rings. The van der Waals surface area contributed by atoms with Crippen molar-refractivity contribution in [2.24, 2.45) is 0 Å². The van der Waals surface area contributed by atoms with E-state index >= 15 is 0 Å². The number of hydrogen-bond donors (Lipinski definition) is 1. The van der Waals surface area contributed by atoms with E-state index in [1.165, 1.54) is 4.90 Å². The Morgan fingerprint density at radius 2 is 1.76 bits per heavy atom. The fourth-order valence-corrected chi connectivity index (χ4v) is 4.56. The number of nitrogens with zero attached hydrogens (tertiary/aromatic N) is 2. The lowest BCUT2D eigenvalue weighted by Crippen LogP contribution is -2.48. The molecule has 0 spiro atoms. The highest BCUT2D eigenvalue weighted by Gasteiger charge is 2.43. The van der Waals surface area contributed by atoms with Crippen molar-refractivity contribution in [3.05, 3.63) is 94.0 Å². The Morgan fingerprint density at radius 1 is 1.06 bits per heavy atom. The highest BCUT2D eigenvalue weighted by atomic mass is 35.5. The molecular formula is C26H23Cl2N3O2S.